The number of fused-ring (bicyclic) bond motifs is 1. The molecule has 2 aromatic heterocycles. The Hall–Kier alpha value is -4.39. The van der Waals surface area contributed by atoms with Crippen LogP contribution in [0.5, 0.6) is 0 Å². The number of hydrogen-bond acceptors (Lipinski definition) is 8. The predicted octanol–water partition coefficient (Wildman–Crippen LogP) is 1.88. The Morgan fingerprint density at radius 3 is 2.78 bits per heavy atom. The van der Waals surface area contributed by atoms with Crippen LogP contribution in [0.1, 0.15) is 16.1 Å². The van der Waals surface area contributed by atoms with Gasteiger partial charge in [0.2, 0.25) is 0 Å². The molecule has 10 nitrogen and oxygen atoms in total. The lowest BCUT2D eigenvalue weighted by Gasteiger charge is -2.08. The Kier molecular flexibility index (Phi) is 3.67. The van der Waals surface area contributed by atoms with E-state index in [1.165, 1.54) is 18.2 Å². The molecule has 0 aliphatic heterocycles. The summed E-state index contributed by atoms with van der Waals surface area (Å²) < 4.78 is 9.63. The fourth-order valence-corrected chi connectivity index (χ4v) is 2.57. The number of carbonyl (C=O) groups is 1. The Morgan fingerprint density at radius 2 is 2.04 bits per heavy atom. The minimum absolute atomic E-state index is 0.0428. The van der Waals surface area contributed by atoms with Crippen LogP contribution in [0.25, 0.3) is 22.4 Å². The van der Waals surface area contributed by atoms with Crippen molar-refractivity contribution in [2.45, 2.75) is 0 Å². The minimum atomic E-state index is -0.761. The third-order valence-corrected chi connectivity index (χ3v) is 3.80. The molecule has 0 spiro atoms. The van der Waals surface area contributed by atoms with Gasteiger partial charge in [-0.1, -0.05) is 10.3 Å². The topological polar surface area (TPSA) is 164 Å². The van der Waals surface area contributed by atoms with Gasteiger partial charge in [0.05, 0.1) is 22.7 Å². The zero-order chi connectivity index (χ0) is 19.0. The highest BCUT2D eigenvalue weighted by molar-refractivity contribution is 6.12. The van der Waals surface area contributed by atoms with Gasteiger partial charge in [-0.2, -0.15) is 5.26 Å². The summed E-state index contributed by atoms with van der Waals surface area (Å²) in [7, 11) is 0. The van der Waals surface area contributed by atoms with E-state index in [0.717, 1.165) is 0 Å². The van der Waals surface area contributed by atoms with Gasteiger partial charge in [0.1, 0.15) is 0 Å². The van der Waals surface area contributed by atoms with Crippen molar-refractivity contribution in [1.82, 2.24) is 15.3 Å². The van der Waals surface area contributed by atoms with E-state index >= 15 is 0 Å². The van der Waals surface area contributed by atoms with E-state index in [2.05, 4.69) is 25.1 Å². The Bertz CT molecular complexity index is 1280. The van der Waals surface area contributed by atoms with Crippen molar-refractivity contribution in [3.63, 3.8) is 0 Å². The van der Waals surface area contributed by atoms with Gasteiger partial charge in [0, 0.05) is 11.3 Å². The van der Waals surface area contributed by atoms with Crippen LogP contribution in [0.3, 0.4) is 0 Å². The zero-order valence-electron chi connectivity index (χ0n) is 13.5. The molecular formula is C17H10N6O4. The van der Waals surface area contributed by atoms with Crippen LogP contribution in [0.15, 0.2) is 50.2 Å². The smallest absolute Gasteiger partial charge is 0.399 e. The first-order valence-electron chi connectivity index (χ1n) is 7.62. The van der Waals surface area contributed by atoms with Crippen LogP contribution in [0.2, 0.25) is 0 Å². The van der Waals surface area contributed by atoms with Gasteiger partial charge in [-0.05, 0) is 36.4 Å². The molecule has 1 amide bonds. The average molecular weight is 362 g/mol. The van der Waals surface area contributed by atoms with Crippen molar-refractivity contribution >= 4 is 28.3 Å². The monoisotopic (exact) mass is 362 g/mol. The van der Waals surface area contributed by atoms with Crippen molar-refractivity contribution in [1.29, 1.82) is 5.26 Å². The molecular weight excluding hydrogens is 352 g/mol. The van der Waals surface area contributed by atoms with Gasteiger partial charge in [-0.15, -0.1) is 0 Å². The van der Waals surface area contributed by atoms with Gasteiger partial charge < -0.3 is 15.6 Å². The number of nitrogen functional groups attached to an aromatic ring is 1. The van der Waals surface area contributed by atoms with Crippen molar-refractivity contribution < 1.29 is 13.8 Å². The van der Waals surface area contributed by atoms with E-state index in [9.17, 15) is 9.59 Å². The van der Waals surface area contributed by atoms with Crippen LogP contribution >= 0.6 is 0 Å². The number of H-pyrrole nitrogens is 1. The number of nitrogens with zero attached hydrogens (tertiary/aromatic N) is 3. The fraction of sp³-hybridized carbons (Fsp3) is 0. The second-order valence-electron chi connectivity index (χ2n) is 5.56. The highest BCUT2D eigenvalue weighted by atomic mass is 16.5. The maximum Gasteiger partial charge on any atom is 0.439 e. The molecule has 4 aromatic rings. The molecule has 2 heterocycles. The first kappa shape index (κ1) is 16.1. The molecule has 0 aliphatic rings. The van der Waals surface area contributed by atoms with Crippen molar-refractivity contribution in [2.75, 3.05) is 11.1 Å². The number of amides is 1. The van der Waals surface area contributed by atoms with E-state index in [1.807, 2.05) is 6.07 Å². The number of carbonyl (C=O) groups excluding carboxylic acids is 1. The van der Waals surface area contributed by atoms with Crippen LogP contribution in [0.4, 0.5) is 11.4 Å². The summed E-state index contributed by atoms with van der Waals surface area (Å²) in [6, 6.07) is 11.3. The normalized spacial score (nSPS) is 10.6. The summed E-state index contributed by atoms with van der Waals surface area (Å²) in [6.45, 7) is 0. The summed E-state index contributed by atoms with van der Waals surface area (Å²) in [6.07, 6.45) is 0. The van der Waals surface area contributed by atoms with Crippen LogP contribution < -0.4 is 16.8 Å². The van der Waals surface area contributed by atoms with Crippen molar-refractivity contribution in [3.8, 4) is 17.5 Å². The highest BCUT2D eigenvalue weighted by Gasteiger charge is 2.19. The number of nitrogens with two attached hydrogens (primary N) is 1. The highest BCUT2D eigenvalue weighted by Crippen LogP contribution is 2.28. The summed E-state index contributed by atoms with van der Waals surface area (Å²) >= 11 is 0. The summed E-state index contributed by atoms with van der Waals surface area (Å²) in [4.78, 5) is 26.3. The standard InChI is InChI=1S/C17H10N6O4/c18-7-8-1-3-12(10(5-8)15-21-17(25)27-23-15)20-16(24)14-11-6-9(19)2-4-13(11)26-22-14/h1-6H,19H2,(H,20,24)(H,21,23,25). The number of anilines is 2. The molecule has 4 rings (SSSR count). The molecule has 0 unspecified atom stereocenters. The van der Waals surface area contributed by atoms with Crippen LogP contribution in [-0.2, 0) is 0 Å². The molecule has 0 atom stereocenters. The molecule has 132 valence electrons. The summed E-state index contributed by atoms with van der Waals surface area (Å²) in [5.41, 5.74) is 7.58. The maximum atomic E-state index is 12.7. The Morgan fingerprint density at radius 1 is 1.19 bits per heavy atom. The molecule has 0 fully saturated rings. The Labute approximate surface area is 150 Å². The third kappa shape index (κ3) is 2.89. The van der Waals surface area contributed by atoms with Gasteiger partial charge in [0.15, 0.2) is 17.1 Å². The fourth-order valence-electron chi connectivity index (χ4n) is 2.57. The minimum Gasteiger partial charge on any atom is -0.399 e. The van der Waals surface area contributed by atoms with E-state index < -0.39 is 11.7 Å². The molecule has 0 saturated heterocycles. The van der Waals surface area contributed by atoms with Crippen LogP contribution in [-0.4, -0.2) is 21.2 Å². The first-order valence-corrected chi connectivity index (χ1v) is 7.62. The first-order chi connectivity index (χ1) is 13.0. The number of benzene rings is 2. The third-order valence-electron chi connectivity index (χ3n) is 3.80. The van der Waals surface area contributed by atoms with Crippen molar-refractivity contribution in [2.24, 2.45) is 0 Å². The number of rotatable bonds is 3. The summed E-state index contributed by atoms with van der Waals surface area (Å²) in [5, 5.41) is 19.6. The van der Waals surface area contributed by atoms with Crippen molar-refractivity contribution in [3.05, 3.63) is 58.2 Å². The molecule has 0 radical (unpaired) electrons. The molecule has 4 N–H and O–H groups in total. The predicted molar refractivity (Wildman–Crippen MR) is 93.6 cm³/mol. The van der Waals surface area contributed by atoms with E-state index in [-0.39, 0.29) is 11.5 Å². The number of hydrogen-bond donors (Lipinski definition) is 3. The molecule has 10 heteroatoms. The van der Waals surface area contributed by atoms with Gasteiger partial charge in [0.25, 0.3) is 5.91 Å². The largest absolute Gasteiger partial charge is 0.439 e. The second kappa shape index (κ2) is 6.16. The molecule has 2 aromatic carbocycles. The SMILES string of the molecule is N#Cc1ccc(NC(=O)c2noc3ccc(N)cc23)c(-c2noc(=O)[nH]2)c1. The second-order valence-corrected chi connectivity index (χ2v) is 5.56. The maximum absolute atomic E-state index is 12.7. The van der Waals surface area contributed by atoms with Crippen LogP contribution in [0, 0.1) is 11.3 Å². The lowest BCUT2D eigenvalue weighted by atomic mass is 10.1. The number of aromatic amines is 1. The van der Waals surface area contributed by atoms with E-state index in [0.29, 0.717) is 33.5 Å². The average Bonchev–Trinajstić information content (AvgIpc) is 3.28. The van der Waals surface area contributed by atoms with Gasteiger partial charge >= 0.3 is 5.76 Å². The van der Waals surface area contributed by atoms with E-state index in [4.69, 9.17) is 15.5 Å². The molecule has 0 aliphatic carbocycles. The molecule has 0 bridgehead atoms. The zero-order valence-corrected chi connectivity index (χ0v) is 13.5. The molecule has 0 saturated carbocycles. The number of nitrogens with one attached hydrogen (secondary N) is 2. The van der Waals surface area contributed by atoms with Gasteiger partial charge in [-0.3, -0.25) is 14.3 Å². The summed E-state index contributed by atoms with van der Waals surface area (Å²) in [5.74, 6) is -1.25. The van der Waals surface area contributed by atoms with Gasteiger partial charge in [-0.25, -0.2) is 4.79 Å². The lowest BCUT2D eigenvalue weighted by molar-refractivity contribution is 0.102. The van der Waals surface area contributed by atoms with E-state index in [1.54, 1.807) is 18.2 Å². The Balaban J connectivity index is 1.75. The number of nitriles is 1. The lowest BCUT2D eigenvalue weighted by Crippen LogP contribution is -2.13. The quantitative estimate of drug-likeness (QED) is 0.465. The number of aromatic nitrogens is 3. The molecule has 27 heavy (non-hydrogen) atoms.